The van der Waals surface area contributed by atoms with Crippen LogP contribution in [-0.2, 0) is 14.3 Å². The van der Waals surface area contributed by atoms with E-state index in [1.54, 1.807) is 0 Å². The van der Waals surface area contributed by atoms with Crippen molar-refractivity contribution >= 4 is 18.3 Å². The van der Waals surface area contributed by atoms with Gasteiger partial charge in [0.1, 0.15) is 24.4 Å². The molecule has 1 amide bonds. The number of aromatic hydroxyl groups is 1. The molecule has 6 N–H and O–H groups in total. The molecule has 1 aromatic rings. The molecule has 1 aromatic carbocycles. The van der Waals surface area contributed by atoms with Crippen molar-refractivity contribution in [3.8, 4) is 11.5 Å². The first-order valence-electron chi connectivity index (χ1n) is 8.19. The Morgan fingerprint density at radius 2 is 1.97 bits per heavy atom. The molecule has 1 aliphatic rings. The molecule has 29 heavy (non-hydrogen) atoms. The Labute approximate surface area is 162 Å². The first-order chi connectivity index (χ1) is 13.7. The third-order valence-corrected chi connectivity index (χ3v) is 4.28. The van der Waals surface area contributed by atoms with E-state index in [1.165, 1.54) is 0 Å². The number of nitrogens with one attached hydrogen (secondary N) is 1. The fourth-order valence-electron chi connectivity index (χ4n) is 2.73. The highest BCUT2D eigenvalue weighted by Gasteiger charge is 2.44. The van der Waals surface area contributed by atoms with Gasteiger partial charge in [0.15, 0.2) is 29.9 Å². The van der Waals surface area contributed by atoms with Crippen LogP contribution in [-0.4, -0.2) is 82.1 Å². The van der Waals surface area contributed by atoms with Crippen LogP contribution in [0.15, 0.2) is 11.6 Å². The van der Waals surface area contributed by atoms with Crippen LogP contribution in [0, 0.1) is 11.6 Å². The normalized spacial score (nSPS) is 27.4. The molecule has 1 aliphatic heterocycles. The molecule has 2 rings (SSSR count). The molecule has 0 spiro atoms. The Balaban J connectivity index is 2.31. The zero-order valence-electron chi connectivity index (χ0n) is 15.0. The highest BCUT2D eigenvalue weighted by atomic mass is 19.1. The van der Waals surface area contributed by atoms with Crippen LogP contribution in [0.2, 0.25) is 0 Å². The Morgan fingerprint density at radius 1 is 1.31 bits per heavy atom. The van der Waals surface area contributed by atoms with Gasteiger partial charge in [0.2, 0.25) is 5.82 Å². The number of phenolic OH excluding ortho intramolecular Hbond substituents is 1. The monoisotopic (exact) mass is 419 g/mol. The van der Waals surface area contributed by atoms with E-state index in [0.29, 0.717) is 6.07 Å². The molecule has 0 radical (unpaired) electrons. The minimum Gasteiger partial charge on any atom is -0.503 e. The molecule has 5 unspecified atom stereocenters. The van der Waals surface area contributed by atoms with E-state index in [2.05, 4.69) is 5.32 Å². The molecule has 1 fully saturated rings. The Hall–Kier alpha value is -2.64. The van der Waals surface area contributed by atoms with Gasteiger partial charge in [0.25, 0.3) is 5.91 Å². The number of hydrogen-bond donors (Lipinski definition) is 6. The van der Waals surface area contributed by atoms with Gasteiger partial charge in [-0.25, -0.2) is 4.39 Å². The molecule has 5 atom stereocenters. The molecule has 10 nitrogen and oxygen atoms in total. The summed E-state index contributed by atoms with van der Waals surface area (Å²) in [7, 11) is 1.01. The van der Waals surface area contributed by atoms with Crippen LogP contribution >= 0.6 is 0 Å². The molecule has 1 heterocycles. The fraction of sp³-hybridized carbons (Fsp3) is 0.412. The summed E-state index contributed by atoms with van der Waals surface area (Å²) in [4.78, 5) is 23.6. The second-order valence-corrected chi connectivity index (χ2v) is 6.09. The van der Waals surface area contributed by atoms with E-state index in [4.69, 9.17) is 14.6 Å². The standard InChI is InChI=1S/C17H19F2NO9/c1-28-15-6(3-8(18)12(23)10(15)19)2-7(4-21)16(26)20-11-14(25)13(24)9(5-22)29-17(11)27/h2-4,9,11,13-14,17,22-25,27H,5H2,1H3,(H,20,26)/b7-2+. The number of methoxy groups -OCH3 is 1. The SMILES string of the molecule is COc1c(/C=C(\C=O)C(=O)NC2C(O)OC(CO)C(O)C2O)cc(F)c(O)c1F. The smallest absolute Gasteiger partial charge is 0.255 e. The van der Waals surface area contributed by atoms with Crippen LogP contribution in [0.3, 0.4) is 0 Å². The van der Waals surface area contributed by atoms with Crippen molar-refractivity contribution in [1.82, 2.24) is 5.32 Å². The van der Waals surface area contributed by atoms with Gasteiger partial charge in [-0.2, -0.15) is 4.39 Å². The summed E-state index contributed by atoms with van der Waals surface area (Å²) in [6.45, 7) is -0.715. The third kappa shape index (κ3) is 4.52. The van der Waals surface area contributed by atoms with Gasteiger partial charge in [-0.05, 0) is 12.1 Å². The minimum atomic E-state index is -1.83. The number of carbonyl (C=O) groups is 2. The average Bonchev–Trinajstić information content (AvgIpc) is 2.70. The van der Waals surface area contributed by atoms with Crippen molar-refractivity contribution in [2.45, 2.75) is 30.6 Å². The lowest BCUT2D eigenvalue weighted by atomic mass is 9.96. The van der Waals surface area contributed by atoms with Crippen LogP contribution in [0.5, 0.6) is 11.5 Å². The van der Waals surface area contributed by atoms with E-state index >= 15 is 0 Å². The molecule has 12 heteroatoms. The number of ether oxygens (including phenoxy) is 2. The predicted molar refractivity (Wildman–Crippen MR) is 90.5 cm³/mol. The summed E-state index contributed by atoms with van der Waals surface area (Å²) in [6.07, 6.45) is -5.76. The maximum Gasteiger partial charge on any atom is 0.255 e. The number of aldehydes is 1. The number of aliphatic hydroxyl groups is 4. The molecule has 160 valence electrons. The Morgan fingerprint density at radius 3 is 2.52 bits per heavy atom. The van der Waals surface area contributed by atoms with Crippen LogP contribution in [0.4, 0.5) is 8.78 Å². The van der Waals surface area contributed by atoms with Gasteiger partial charge in [0, 0.05) is 5.56 Å². The van der Waals surface area contributed by atoms with Crippen molar-refractivity contribution in [2.24, 2.45) is 0 Å². The summed E-state index contributed by atoms with van der Waals surface area (Å²) in [5, 5.41) is 50.1. The van der Waals surface area contributed by atoms with Crippen LogP contribution in [0.25, 0.3) is 6.08 Å². The van der Waals surface area contributed by atoms with Crippen LogP contribution in [0.1, 0.15) is 5.56 Å². The summed E-state index contributed by atoms with van der Waals surface area (Å²) < 4.78 is 37.1. The quantitative estimate of drug-likeness (QED) is 0.135. The zero-order chi connectivity index (χ0) is 21.9. The highest BCUT2D eigenvalue weighted by Crippen LogP contribution is 2.33. The van der Waals surface area contributed by atoms with Crippen LogP contribution < -0.4 is 10.1 Å². The van der Waals surface area contributed by atoms with Gasteiger partial charge in [-0.15, -0.1) is 0 Å². The summed E-state index contributed by atoms with van der Waals surface area (Å²) in [6, 6.07) is -0.962. The van der Waals surface area contributed by atoms with Crippen molar-refractivity contribution in [3.05, 3.63) is 28.8 Å². The van der Waals surface area contributed by atoms with Crippen molar-refractivity contribution in [2.75, 3.05) is 13.7 Å². The fourth-order valence-corrected chi connectivity index (χ4v) is 2.73. The summed E-state index contributed by atoms with van der Waals surface area (Å²) in [5.74, 6) is -5.95. The third-order valence-electron chi connectivity index (χ3n) is 4.28. The number of aliphatic hydroxyl groups excluding tert-OH is 4. The number of phenols is 1. The lowest BCUT2D eigenvalue weighted by Crippen LogP contribution is -2.64. The van der Waals surface area contributed by atoms with Crippen molar-refractivity contribution in [1.29, 1.82) is 0 Å². The lowest BCUT2D eigenvalue weighted by Gasteiger charge is -2.40. The minimum absolute atomic E-state index is 0.0346. The van der Waals surface area contributed by atoms with Crippen molar-refractivity contribution < 1.29 is 53.4 Å². The van der Waals surface area contributed by atoms with E-state index in [9.17, 15) is 38.8 Å². The molecular weight excluding hydrogens is 400 g/mol. The maximum absolute atomic E-state index is 13.9. The number of hydrogen-bond acceptors (Lipinski definition) is 9. The topological polar surface area (TPSA) is 166 Å². The van der Waals surface area contributed by atoms with Crippen molar-refractivity contribution in [3.63, 3.8) is 0 Å². The molecule has 0 aliphatic carbocycles. The van der Waals surface area contributed by atoms with E-state index in [-0.39, 0.29) is 11.8 Å². The summed E-state index contributed by atoms with van der Waals surface area (Å²) >= 11 is 0. The zero-order valence-corrected chi connectivity index (χ0v) is 15.0. The molecule has 0 aromatic heterocycles. The van der Waals surface area contributed by atoms with Gasteiger partial charge >= 0.3 is 0 Å². The van der Waals surface area contributed by atoms with E-state index in [1.807, 2.05) is 0 Å². The number of amides is 1. The molecular formula is C17H19F2NO9. The molecule has 0 saturated carbocycles. The second kappa shape index (κ2) is 9.24. The molecule has 1 saturated heterocycles. The summed E-state index contributed by atoms with van der Waals surface area (Å²) in [5.41, 5.74) is -1.08. The second-order valence-electron chi connectivity index (χ2n) is 6.09. The van der Waals surface area contributed by atoms with Gasteiger partial charge in [-0.1, -0.05) is 0 Å². The van der Waals surface area contributed by atoms with E-state index in [0.717, 1.165) is 13.2 Å². The predicted octanol–water partition coefficient (Wildman–Crippen LogP) is -1.82. The largest absolute Gasteiger partial charge is 0.503 e. The number of rotatable bonds is 6. The van der Waals surface area contributed by atoms with Gasteiger partial charge in [-0.3, -0.25) is 9.59 Å². The number of benzene rings is 1. The first kappa shape index (κ1) is 22.6. The van der Waals surface area contributed by atoms with Gasteiger partial charge in [0.05, 0.1) is 19.3 Å². The van der Waals surface area contributed by atoms with E-state index < -0.39 is 71.9 Å². The average molecular weight is 419 g/mol. The highest BCUT2D eigenvalue weighted by molar-refractivity contribution is 6.14. The lowest BCUT2D eigenvalue weighted by molar-refractivity contribution is -0.253. The number of carbonyl (C=O) groups excluding carboxylic acids is 2. The number of halogens is 2. The van der Waals surface area contributed by atoms with Gasteiger partial charge < -0.3 is 40.3 Å². The molecule has 0 bridgehead atoms. The Kier molecular flexibility index (Phi) is 7.21. The Bertz CT molecular complexity index is 817. The first-order valence-corrected chi connectivity index (χ1v) is 8.19. The maximum atomic E-state index is 13.9.